The zero-order valence-electron chi connectivity index (χ0n) is 13.3. The van der Waals surface area contributed by atoms with Crippen molar-refractivity contribution in [3.63, 3.8) is 0 Å². The number of nitrogens with zero attached hydrogens (tertiary/aromatic N) is 2. The lowest BCUT2D eigenvalue weighted by Crippen LogP contribution is -2.46. The Kier molecular flexibility index (Phi) is 6.57. The Hall–Kier alpha value is -0.530. The Morgan fingerprint density at radius 1 is 1.30 bits per heavy atom. The van der Waals surface area contributed by atoms with Gasteiger partial charge in [0, 0.05) is 24.7 Å². The molecule has 0 bridgehead atoms. The number of halogens is 2. The quantitative estimate of drug-likeness (QED) is 0.761. The second-order valence-corrected chi connectivity index (χ2v) is 8.66. The largest absolute Gasteiger partial charge is 0.491 e. The van der Waals surface area contributed by atoms with Crippen molar-refractivity contribution in [3.8, 4) is 5.75 Å². The highest BCUT2D eigenvalue weighted by molar-refractivity contribution is 7.88. The van der Waals surface area contributed by atoms with E-state index in [2.05, 4.69) is 4.90 Å². The molecule has 0 aromatic heterocycles. The van der Waals surface area contributed by atoms with E-state index in [1.807, 2.05) is 0 Å². The Labute approximate surface area is 148 Å². The molecule has 0 N–H and O–H groups in total. The van der Waals surface area contributed by atoms with Gasteiger partial charge in [-0.3, -0.25) is 4.90 Å². The lowest BCUT2D eigenvalue weighted by molar-refractivity contribution is 0.146. The second-order valence-electron chi connectivity index (χ2n) is 5.78. The van der Waals surface area contributed by atoms with Crippen molar-refractivity contribution in [2.24, 2.45) is 0 Å². The van der Waals surface area contributed by atoms with Crippen molar-refractivity contribution < 1.29 is 13.2 Å². The zero-order chi connectivity index (χ0) is 17.0. The SMILES string of the molecule is CN(C1CCN(CCOc2ccc(Cl)cc2Cl)CC1)S(C)(=O)=O. The third kappa shape index (κ3) is 5.50. The van der Waals surface area contributed by atoms with Crippen LogP contribution in [-0.2, 0) is 10.0 Å². The average Bonchev–Trinajstić information content (AvgIpc) is 2.48. The Morgan fingerprint density at radius 2 is 1.96 bits per heavy atom. The molecule has 0 radical (unpaired) electrons. The zero-order valence-corrected chi connectivity index (χ0v) is 15.7. The van der Waals surface area contributed by atoms with Crippen molar-refractivity contribution in [2.75, 3.05) is 39.5 Å². The van der Waals surface area contributed by atoms with Crippen LogP contribution in [-0.4, -0.2) is 63.2 Å². The van der Waals surface area contributed by atoms with Gasteiger partial charge in [-0.15, -0.1) is 0 Å². The van der Waals surface area contributed by atoms with Crippen LogP contribution in [0.4, 0.5) is 0 Å². The number of hydrogen-bond acceptors (Lipinski definition) is 4. The predicted octanol–water partition coefficient (Wildman–Crippen LogP) is 2.73. The molecule has 1 aliphatic rings. The van der Waals surface area contributed by atoms with Gasteiger partial charge in [0.25, 0.3) is 0 Å². The van der Waals surface area contributed by atoms with Crippen LogP contribution < -0.4 is 4.74 Å². The second kappa shape index (κ2) is 8.03. The third-order valence-corrected chi connectivity index (χ3v) is 6.03. The molecule has 23 heavy (non-hydrogen) atoms. The topological polar surface area (TPSA) is 49.9 Å². The summed E-state index contributed by atoms with van der Waals surface area (Å²) < 4.78 is 30.3. The summed E-state index contributed by atoms with van der Waals surface area (Å²) in [6.07, 6.45) is 2.93. The van der Waals surface area contributed by atoms with E-state index in [9.17, 15) is 8.42 Å². The fourth-order valence-electron chi connectivity index (χ4n) is 2.65. The van der Waals surface area contributed by atoms with Crippen LogP contribution >= 0.6 is 23.2 Å². The average molecular weight is 381 g/mol. The van der Waals surface area contributed by atoms with E-state index in [0.29, 0.717) is 22.4 Å². The van der Waals surface area contributed by atoms with Crippen LogP contribution in [0.5, 0.6) is 5.75 Å². The first-order valence-electron chi connectivity index (χ1n) is 7.50. The highest BCUT2D eigenvalue weighted by Crippen LogP contribution is 2.27. The molecular formula is C15H22Cl2N2O3S. The number of sulfonamides is 1. The molecule has 0 unspecified atom stereocenters. The molecule has 1 aromatic carbocycles. The minimum absolute atomic E-state index is 0.0906. The van der Waals surface area contributed by atoms with E-state index in [1.54, 1.807) is 25.2 Å². The Bertz CT molecular complexity index is 632. The summed E-state index contributed by atoms with van der Waals surface area (Å²) >= 11 is 11.9. The summed E-state index contributed by atoms with van der Waals surface area (Å²) in [5.74, 6) is 0.628. The summed E-state index contributed by atoms with van der Waals surface area (Å²) in [6, 6.07) is 5.26. The summed E-state index contributed by atoms with van der Waals surface area (Å²) in [7, 11) is -1.46. The summed E-state index contributed by atoms with van der Waals surface area (Å²) in [4.78, 5) is 2.27. The number of likely N-dealkylation sites (tertiary alicyclic amines) is 1. The molecule has 0 saturated carbocycles. The molecule has 0 amide bonds. The van der Waals surface area contributed by atoms with E-state index in [4.69, 9.17) is 27.9 Å². The lowest BCUT2D eigenvalue weighted by atomic mass is 10.1. The van der Waals surface area contributed by atoms with Gasteiger partial charge in [-0.05, 0) is 44.1 Å². The van der Waals surface area contributed by atoms with Gasteiger partial charge in [0.05, 0.1) is 11.3 Å². The first-order valence-corrected chi connectivity index (χ1v) is 10.1. The first kappa shape index (κ1) is 18.8. The highest BCUT2D eigenvalue weighted by atomic mass is 35.5. The van der Waals surface area contributed by atoms with Crippen LogP contribution in [0.2, 0.25) is 10.0 Å². The van der Waals surface area contributed by atoms with Crippen LogP contribution in [0.3, 0.4) is 0 Å². The number of ether oxygens (including phenoxy) is 1. The van der Waals surface area contributed by atoms with E-state index in [0.717, 1.165) is 32.5 Å². The van der Waals surface area contributed by atoms with Crippen molar-refractivity contribution >= 4 is 33.2 Å². The maximum Gasteiger partial charge on any atom is 0.211 e. The molecule has 0 atom stereocenters. The van der Waals surface area contributed by atoms with E-state index >= 15 is 0 Å². The molecule has 5 nitrogen and oxygen atoms in total. The van der Waals surface area contributed by atoms with Crippen molar-refractivity contribution in [3.05, 3.63) is 28.2 Å². The van der Waals surface area contributed by atoms with Crippen molar-refractivity contribution in [2.45, 2.75) is 18.9 Å². The van der Waals surface area contributed by atoms with Crippen LogP contribution in [0.15, 0.2) is 18.2 Å². The highest BCUT2D eigenvalue weighted by Gasteiger charge is 2.26. The molecule has 130 valence electrons. The van der Waals surface area contributed by atoms with Gasteiger partial charge in [-0.1, -0.05) is 23.2 Å². The van der Waals surface area contributed by atoms with Crippen molar-refractivity contribution in [1.29, 1.82) is 0 Å². The minimum Gasteiger partial charge on any atom is -0.491 e. The molecule has 2 rings (SSSR count). The Morgan fingerprint density at radius 3 is 2.52 bits per heavy atom. The summed E-state index contributed by atoms with van der Waals surface area (Å²) in [6.45, 7) is 3.05. The van der Waals surface area contributed by atoms with E-state index < -0.39 is 10.0 Å². The molecule has 1 aromatic rings. The van der Waals surface area contributed by atoms with E-state index in [-0.39, 0.29) is 6.04 Å². The van der Waals surface area contributed by atoms with Gasteiger partial charge in [-0.25, -0.2) is 12.7 Å². The van der Waals surface area contributed by atoms with Gasteiger partial charge in [-0.2, -0.15) is 0 Å². The normalized spacial score (nSPS) is 17.6. The molecule has 1 saturated heterocycles. The number of piperidine rings is 1. The van der Waals surface area contributed by atoms with Crippen molar-refractivity contribution in [1.82, 2.24) is 9.21 Å². The van der Waals surface area contributed by atoms with E-state index in [1.165, 1.54) is 10.6 Å². The molecule has 1 aliphatic heterocycles. The Balaban J connectivity index is 1.75. The van der Waals surface area contributed by atoms with Crippen LogP contribution in [0.1, 0.15) is 12.8 Å². The predicted molar refractivity (Wildman–Crippen MR) is 94.0 cm³/mol. The molecule has 1 fully saturated rings. The molecule has 8 heteroatoms. The van der Waals surface area contributed by atoms with Gasteiger partial charge < -0.3 is 4.74 Å². The fourth-order valence-corrected chi connectivity index (χ4v) is 3.87. The molecule has 0 spiro atoms. The molecule has 1 heterocycles. The van der Waals surface area contributed by atoms with Gasteiger partial charge in [0.15, 0.2) is 0 Å². The number of benzene rings is 1. The standard InChI is InChI=1S/C15H22Cl2N2O3S/c1-18(23(2,20)21)13-5-7-19(8-6-13)9-10-22-15-4-3-12(16)11-14(15)17/h3-4,11,13H,5-10H2,1-2H3. The van der Waals surface area contributed by atoms with Gasteiger partial charge in [0.2, 0.25) is 10.0 Å². The lowest BCUT2D eigenvalue weighted by Gasteiger charge is -2.35. The third-order valence-electron chi connectivity index (χ3n) is 4.15. The maximum absolute atomic E-state index is 11.6. The molecular weight excluding hydrogens is 359 g/mol. The maximum atomic E-state index is 11.6. The number of hydrogen-bond donors (Lipinski definition) is 0. The van der Waals surface area contributed by atoms with Crippen LogP contribution in [0.25, 0.3) is 0 Å². The summed E-state index contributed by atoms with van der Waals surface area (Å²) in [5, 5.41) is 1.09. The summed E-state index contributed by atoms with van der Waals surface area (Å²) in [5.41, 5.74) is 0. The first-order chi connectivity index (χ1) is 10.8. The van der Waals surface area contributed by atoms with Gasteiger partial charge >= 0.3 is 0 Å². The molecule has 0 aliphatic carbocycles. The number of rotatable bonds is 6. The minimum atomic E-state index is -3.12. The van der Waals surface area contributed by atoms with Crippen LogP contribution in [0, 0.1) is 0 Å². The van der Waals surface area contributed by atoms with Gasteiger partial charge in [0.1, 0.15) is 12.4 Å². The monoisotopic (exact) mass is 380 g/mol. The smallest absolute Gasteiger partial charge is 0.211 e. The fraction of sp³-hybridized carbons (Fsp3) is 0.600.